The summed E-state index contributed by atoms with van der Waals surface area (Å²) in [5, 5.41) is 3.12. The van der Waals surface area contributed by atoms with Crippen LogP contribution >= 0.6 is 0 Å². The van der Waals surface area contributed by atoms with Gasteiger partial charge in [-0.05, 0) is 58.2 Å². The molecule has 0 saturated heterocycles. The van der Waals surface area contributed by atoms with E-state index in [2.05, 4.69) is 29.6 Å². The monoisotopic (exact) mass is 470 g/mol. The molecule has 3 rings (SSSR count). The minimum Gasteiger partial charge on any atom is -0.350 e. The van der Waals surface area contributed by atoms with Gasteiger partial charge in [0.1, 0.15) is 6.04 Å². The Morgan fingerprint density at radius 3 is 1.97 bits per heavy atom. The Morgan fingerprint density at radius 2 is 1.37 bits per heavy atom. The molecule has 0 heterocycles. The standard InChI is InChI=1S/C31H38N2O2/c1-22-11-10-14-26(16-22)21-33(29(34)20-27-17-23(2)15-24(3)18-27)28(30(35)32-31(4,5)6)19-25-12-8-7-9-13-25/h7-18,28H,19-21H2,1-6H3,(H,32,35). The van der Waals surface area contributed by atoms with Gasteiger partial charge < -0.3 is 10.2 Å². The lowest BCUT2D eigenvalue weighted by Crippen LogP contribution is -2.54. The summed E-state index contributed by atoms with van der Waals surface area (Å²) < 4.78 is 0. The Morgan fingerprint density at radius 1 is 0.771 bits per heavy atom. The van der Waals surface area contributed by atoms with E-state index in [1.54, 1.807) is 4.90 Å². The van der Waals surface area contributed by atoms with Gasteiger partial charge in [-0.2, -0.15) is 0 Å². The molecule has 0 saturated carbocycles. The van der Waals surface area contributed by atoms with Crippen LogP contribution in [-0.4, -0.2) is 28.3 Å². The minimum atomic E-state index is -0.629. The molecule has 1 unspecified atom stereocenters. The van der Waals surface area contributed by atoms with Crippen molar-refractivity contribution in [2.75, 3.05) is 0 Å². The van der Waals surface area contributed by atoms with E-state index < -0.39 is 11.6 Å². The molecule has 4 nitrogen and oxygen atoms in total. The Kier molecular flexibility index (Phi) is 8.50. The fourth-order valence-corrected chi connectivity index (χ4v) is 4.46. The lowest BCUT2D eigenvalue weighted by molar-refractivity contribution is -0.141. The van der Waals surface area contributed by atoms with Crippen molar-refractivity contribution >= 4 is 11.8 Å². The number of rotatable bonds is 8. The van der Waals surface area contributed by atoms with Crippen LogP contribution in [0.1, 0.15) is 54.2 Å². The summed E-state index contributed by atoms with van der Waals surface area (Å²) in [6, 6.07) is 23.6. The molecule has 35 heavy (non-hydrogen) atoms. The SMILES string of the molecule is Cc1cc(C)cc(CC(=O)N(Cc2cccc(C)c2)C(Cc2ccccc2)C(=O)NC(C)(C)C)c1. The highest BCUT2D eigenvalue weighted by atomic mass is 16.2. The highest BCUT2D eigenvalue weighted by Gasteiger charge is 2.32. The molecule has 1 atom stereocenters. The number of nitrogens with one attached hydrogen (secondary N) is 1. The van der Waals surface area contributed by atoms with Gasteiger partial charge in [0.15, 0.2) is 0 Å². The Labute approximate surface area is 210 Å². The molecule has 0 aromatic heterocycles. The summed E-state index contributed by atoms with van der Waals surface area (Å²) in [6.45, 7) is 12.4. The van der Waals surface area contributed by atoms with E-state index in [1.807, 2.05) is 90.1 Å². The third-order valence-electron chi connectivity index (χ3n) is 5.84. The predicted octanol–water partition coefficient (Wildman–Crippen LogP) is 5.71. The molecule has 0 aliphatic heterocycles. The second kappa shape index (κ2) is 11.4. The molecule has 0 spiro atoms. The van der Waals surface area contributed by atoms with Crippen LogP contribution in [0.15, 0.2) is 72.8 Å². The van der Waals surface area contributed by atoms with E-state index in [0.29, 0.717) is 13.0 Å². The number of amides is 2. The molecule has 3 aromatic carbocycles. The van der Waals surface area contributed by atoms with E-state index in [0.717, 1.165) is 33.4 Å². The quantitative estimate of drug-likeness (QED) is 0.458. The summed E-state index contributed by atoms with van der Waals surface area (Å²) >= 11 is 0. The smallest absolute Gasteiger partial charge is 0.243 e. The first-order valence-corrected chi connectivity index (χ1v) is 12.3. The first kappa shape index (κ1) is 26.2. The Balaban J connectivity index is 2.01. The molecule has 4 heteroatoms. The second-order valence-electron chi connectivity index (χ2n) is 10.6. The minimum absolute atomic E-state index is 0.0542. The van der Waals surface area contributed by atoms with E-state index in [1.165, 1.54) is 0 Å². The lowest BCUT2D eigenvalue weighted by Gasteiger charge is -2.34. The fourth-order valence-electron chi connectivity index (χ4n) is 4.46. The number of carbonyl (C=O) groups is 2. The van der Waals surface area contributed by atoms with Crippen molar-refractivity contribution in [1.82, 2.24) is 10.2 Å². The molecule has 0 radical (unpaired) electrons. The predicted molar refractivity (Wildman–Crippen MR) is 143 cm³/mol. The van der Waals surface area contributed by atoms with Crippen LogP contribution in [0, 0.1) is 20.8 Å². The lowest BCUT2D eigenvalue weighted by atomic mass is 9.99. The van der Waals surface area contributed by atoms with Gasteiger partial charge >= 0.3 is 0 Å². The number of hydrogen-bond acceptors (Lipinski definition) is 2. The van der Waals surface area contributed by atoms with Gasteiger partial charge in [0, 0.05) is 18.5 Å². The van der Waals surface area contributed by atoms with E-state index in [4.69, 9.17) is 0 Å². The van der Waals surface area contributed by atoms with Crippen LogP contribution in [0.25, 0.3) is 0 Å². The normalized spacial score (nSPS) is 12.2. The van der Waals surface area contributed by atoms with E-state index >= 15 is 0 Å². The van der Waals surface area contributed by atoms with Crippen molar-refractivity contribution in [3.63, 3.8) is 0 Å². The maximum absolute atomic E-state index is 13.9. The molecule has 0 fully saturated rings. The van der Waals surface area contributed by atoms with E-state index in [9.17, 15) is 9.59 Å². The number of aryl methyl sites for hydroxylation is 3. The zero-order valence-electron chi connectivity index (χ0n) is 21.9. The van der Waals surface area contributed by atoms with Crippen molar-refractivity contribution in [1.29, 1.82) is 0 Å². The number of benzene rings is 3. The van der Waals surface area contributed by atoms with Gasteiger partial charge in [0.25, 0.3) is 0 Å². The van der Waals surface area contributed by atoms with Crippen molar-refractivity contribution in [2.24, 2.45) is 0 Å². The number of hydrogen-bond donors (Lipinski definition) is 1. The van der Waals surface area contributed by atoms with Gasteiger partial charge in [-0.1, -0.05) is 89.5 Å². The first-order valence-electron chi connectivity index (χ1n) is 12.3. The third-order valence-corrected chi connectivity index (χ3v) is 5.84. The summed E-state index contributed by atoms with van der Waals surface area (Å²) in [4.78, 5) is 29.3. The summed E-state index contributed by atoms with van der Waals surface area (Å²) in [5.41, 5.74) is 5.99. The summed E-state index contributed by atoms with van der Waals surface area (Å²) in [6.07, 6.45) is 0.704. The van der Waals surface area contributed by atoms with Crippen molar-refractivity contribution in [3.8, 4) is 0 Å². The molecular weight excluding hydrogens is 432 g/mol. The third kappa shape index (κ3) is 8.10. The highest BCUT2D eigenvalue weighted by molar-refractivity contribution is 5.89. The zero-order chi connectivity index (χ0) is 25.6. The summed E-state index contributed by atoms with van der Waals surface area (Å²) in [7, 11) is 0. The molecule has 0 bridgehead atoms. The number of nitrogens with zero attached hydrogens (tertiary/aromatic N) is 1. The molecule has 184 valence electrons. The topological polar surface area (TPSA) is 49.4 Å². The Bertz CT molecular complexity index is 1140. The van der Waals surface area contributed by atoms with Crippen LogP contribution < -0.4 is 5.32 Å². The zero-order valence-corrected chi connectivity index (χ0v) is 21.9. The fraction of sp³-hybridized carbons (Fsp3) is 0.355. The average molecular weight is 471 g/mol. The van der Waals surface area contributed by atoms with Crippen molar-refractivity contribution in [2.45, 2.75) is 72.5 Å². The second-order valence-corrected chi connectivity index (χ2v) is 10.6. The van der Waals surface area contributed by atoms with Crippen LogP contribution in [0.3, 0.4) is 0 Å². The number of carbonyl (C=O) groups excluding carboxylic acids is 2. The molecule has 0 aliphatic carbocycles. The molecule has 3 aromatic rings. The first-order chi connectivity index (χ1) is 16.5. The largest absolute Gasteiger partial charge is 0.350 e. The van der Waals surface area contributed by atoms with Crippen LogP contribution in [0.2, 0.25) is 0 Å². The van der Waals surface area contributed by atoms with Gasteiger partial charge in [-0.3, -0.25) is 9.59 Å². The van der Waals surface area contributed by atoms with Crippen LogP contribution in [-0.2, 0) is 29.0 Å². The van der Waals surface area contributed by atoms with E-state index in [-0.39, 0.29) is 18.2 Å². The Hall–Kier alpha value is -3.40. The molecule has 2 amide bonds. The van der Waals surface area contributed by atoms with Crippen molar-refractivity contribution in [3.05, 3.63) is 106 Å². The van der Waals surface area contributed by atoms with Gasteiger partial charge in [-0.15, -0.1) is 0 Å². The average Bonchev–Trinajstić information content (AvgIpc) is 2.75. The maximum atomic E-state index is 13.9. The van der Waals surface area contributed by atoms with Crippen molar-refractivity contribution < 1.29 is 9.59 Å². The van der Waals surface area contributed by atoms with Gasteiger partial charge in [0.2, 0.25) is 11.8 Å². The molecule has 0 aliphatic rings. The maximum Gasteiger partial charge on any atom is 0.243 e. The van der Waals surface area contributed by atoms with Gasteiger partial charge in [0.05, 0.1) is 6.42 Å². The van der Waals surface area contributed by atoms with Crippen LogP contribution in [0.5, 0.6) is 0 Å². The molecule has 1 N–H and O–H groups in total. The molecular formula is C31H38N2O2. The van der Waals surface area contributed by atoms with Gasteiger partial charge in [-0.25, -0.2) is 0 Å². The summed E-state index contributed by atoms with van der Waals surface area (Å²) in [5.74, 6) is -0.190. The van der Waals surface area contributed by atoms with Crippen LogP contribution in [0.4, 0.5) is 0 Å². The highest BCUT2D eigenvalue weighted by Crippen LogP contribution is 2.19.